The molecule has 1 atom stereocenters. The van der Waals surface area contributed by atoms with E-state index in [1.165, 1.54) is 12.8 Å². The normalized spacial score (nSPS) is 16.2. The number of carbonyl (C=O) groups excluding carboxylic acids is 1. The van der Waals surface area contributed by atoms with Gasteiger partial charge in [-0.25, -0.2) is 0 Å². The number of nitrogens with zero attached hydrogens (tertiary/aromatic N) is 2. The Morgan fingerprint density at radius 3 is 2.44 bits per heavy atom. The fourth-order valence-electron chi connectivity index (χ4n) is 3.55. The second kappa shape index (κ2) is 7.63. The summed E-state index contributed by atoms with van der Waals surface area (Å²) in [5, 5.41) is 3.53. The maximum atomic E-state index is 12.7. The number of likely N-dealkylation sites (tertiary alicyclic amines) is 1. The summed E-state index contributed by atoms with van der Waals surface area (Å²) in [6.45, 7) is 9.16. The van der Waals surface area contributed by atoms with Crippen LogP contribution in [0, 0.1) is 13.8 Å². The highest BCUT2D eigenvalue weighted by Crippen LogP contribution is 2.23. The van der Waals surface area contributed by atoms with E-state index in [0.717, 1.165) is 30.2 Å². The molecule has 1 N–H and O–H groups in total. The van der Waals surface area contributed by atoms with Crippen LogP contribution in [0.15, 0.2) is 30.3 Å². The monoisotopic (exact) mass is 359 g/mol. The SMILES string of the molecule is Cc1ccc(C)n1-c1ccc(Cl)c(C(=O)NCC(C)N2CCCC2)c1. The van der Waals surface area contributed by atoms with Gasteiger partial charge in [-0.3, -0.25) is 9.69 Å². The fourth-order valence-corrected chi connectivity index (χ4v) is 3.75. The van der Waals surface area contributed by atoms with E-state index < -0.39 is 0 Å². The third-order valence-corrected chi connectivity index (χ3v) is 5.38. The molecule has 0 spiro atoms. The van der Waals surface area contributed by atoms with Gasteiger partial charge in [0.15, 0.2) is 0 Å². The number of benzene rings is 1. The lowest BCUT2D eigenvalue weighted by molar-refractivity contribution is 0.0940. The summed E-state index contributed by atoms with van der Waals surface area (Å²) in [5.74, 6) is -0.111. The largest absolute Gasteiger partial charge is 0.350 e. The Hall–Kier alpha value is -1.78. The zero-order valence-corrected chi connectivity index (χ0v) is 15.9. The number of aryl methyl sites for hydroxylation is 2. The maximum Gasteiger partial charge on any atom is 0.252 e. The second-order valence-electron chi connectivity index (χ2n) is 6.92. The van der Waals surface area contributed by atoms with Crippen molar-refractivity contribution < 1.29 is 4.79 Å². The van der Waals surface area contributed by atoms with E-state index in [0.29, 0.717) is 23.2 Å². The van der Waals surface area contributed by atoms with E-state index in [4.69, 9.17) is 11.6 Å². The molecule has 1 unspecified atom stereocenters. The first-order valence-electron chi connectivity index (χ1n) is 8.94. The Kier molecular flexibility index (Phi) is 5.50. The number of aromatic nitrogens is 1. The van der Waals surface area contributed by atoms with Gasteiger partial charge in [0.25, 0.3) is 5.91 Å². The van der Waals surface area contributed by atoms with E-state index in [1.807, 2.05) is 12.1 Å². The second-order valence-corrected chi connectivity index (χ2v) is 7.32. The van der Waals surface area contributed by atoms with Crippen LogP contribution in [0.3, 0.4) is 0 Å². The van der Waals surface area contributed by atoms with E-state index in [2.05, 4.69) is 47.7 Å². The van der Waals surface area contributed by atoms with Gasteiger partial charge in [-0.1, -0.05) is 11.6 Å². The highest BCUT2D eigenvalue weighted by molar-refractivity contribution is 6.33. The molecule has 1 aromatic heterocycles. The summed E-state index contributed by atoms with van der Waals surface area (Å²) in [4.78, 5) is 15.1. The van der Waals surface area contributed by atoms with Gasteiger partial charge in [-0.15, -0.1) is 0 Å². The number of rotatable bonds is 5. The van der Waals surface area contributed by atoms with Gasteiger partial charge >= 0.3 is 0 Å². The molecule has 5 heteroatoms. The minimum absolute atomic E-state index is 0.111. The zero-order valence-electron chi connectivity index (χ0n) is 15.2. The molecule has 134 valence electrons. The molecule has 1 aliphatic heterocycles. The molecule has 0 radical (unpaired) electrons. The van der Waals surface area contributed by atoms with E-state index in [-0.39, 0.29) is 5.91 Å². The average molecular weight is 360 g/mol. The first kappa shape index (κ1) is 18.0. The van der Waals surface area contributed by atoms with Crippen LogP contribution in [0.4, 0.5) is 0 Å². The molecular formula is C20H26ClN3O. The number of carbonyl (C=O) groups is 1. The van der Waals surface area contributed by atoms with Crippen LogP contribution in [0.2, 0.25) is 5.02 Å². The van der Waals surface area contributed by atoms with Crippen molar-refractivity contribution in [1.82, 2.24) is 14.8 Å². The molecule has 0 bridgehead atoms. The third kappa shape index (κ3) is 3.91. The summed E-state index contributed by atoms with van der Waals surface area (Å²) in [6, 6.07) is 10.1. The van der Waals surface area contributed by atoms with Gasteiger partial charge in [-0.05, 0) is 77.0 Å². The van der Waals surface area contributed by atoms with Crippen LogP contribution in [0.25, 0.3) is 5.69 Å². The first-order valence-corrected chi connectivity index (χ1v) is 9.32. The van der Waals surface area contributed by atoms with E-state index in [1.54, 1.807) is 6.07 Å². The fraction of sp³-hybridized carbons (Fsp3) is 0.450. The van der Waals surface area contributed by atoms with Gasteiger partial charge in [-0.2, -0.15) is 0 Å². The minimum Gasteiger partial charge on any atom is -0.350 e. The summed E-state index contributed by atoms with van der Waals surface area (Å²) in [7, 11) is 0. The van der Waals surface area contributed by atoms with Gasteiger partial charge in [0.1, 0.15) is 0 Å². The molecule has 1 amide bonds. The predicted molar refractivity (Wildman–Crippen MR) is 103 cm³/mol. The molecule has 4 nitrogen and oxygen atoms in total. The van der Waals surface area contributed by atoms with Crippen molar-refractivity contribution in [2.24, 2.45) is 0 Å². The summed E-state index contributed by atoms with van der Waals surface area (Å²) >= 11 is 6.29. The predicted octanol–water partition coefficient (Wildman–Crippen LogP) is 3.96. The first-order chi connectivity index (χ1) is 12.0. The molecule has 2 heterocycles. The molecule has 1 fully saturated rings. The molecule has 1 aliphatic rings. The number of hydrogen-bond donors (Lipinski definition) is 1. The zero-order chi connectivity index (χ0) is 18.0. The molecule has 3 rings (SSSR count). The Balaban J connectivity index is 1.75. The topological polar surface area (TPSA) is 37.3 Å². The minimum atomic E-state index is -0.111. The maximum absolute atomic E-state index is 12.7. The summed E-state index contributed by atoms with van der Waals surface area (Å²) < 4.78 is 2.12. The lowest BCUT2D eigenvalue weighted by Gasteiger charge is -2.24. The Morgan fingerprint density at radius 1 is 1.16 bits per heavy atom. The van der Waals surface area contributed by atoms with Crippen LogP contribution < -0.4 is 5.32 Å². The number of amides is 1. The van der Waals surface area contributed by atoms with Gasteiger partial charge in [0.2, 0.25) is 0 Å². The van der Waals surface area contributed by atoms with Crippen molar-refractivity contribution in [2.45, 2.75) is 39.7 Å². The average Bonchev–Trinajstić information content (AvgIpc) is 3.24. The number of halogens is 1. The van der Waals surface area contributed by atoms with Gasteiger partial charge in [0, 0.05) is 29.7 Å². The molecule has 0 saturated carbocycles. The van der Waals surface area contributed by atoms with Crippen molar-refractivity contribution in [1.29, 1.82) is 0 Å². The van der Waals surface area contributed by atoms with E-state index >= 15 is 0 Å². The van der Waals surface area contributed by atoms with Crippen molar-refractivity contribution in [3.8, 4) is 5.69 Å². The Morgan fingerprint density at radius 2 is 1.80 bits per heavy atom. The molecule has 2 aromatic rings. The molecular weight excluding hydrogens is 334 g/mol. The highest BCUT2D eigenvalue weighted by Gasteiger charge is 2.19. The van der Waals surface area contributed by atoms with Crippen LogP contribution in [-0.4, -0.2) is 41.1 Å². The third-order valence-electron chi connectivity index (χ3n) is 5.05. The van der Waals surface area contributed by atoms with Gasteiger partial charge in [0.05, 0.1) is 10.6 Å². The van der Waals surface area contributed by atoms with E-state index in [9.17, 15) is 4.79 Å². The Bertz CT molecular complexity index is 743. The summed E-state index contributed by atoms with van der Waals surface area (Å²) in [6.07, 6.45) is 2.50. The quantitative estimate of drug-likeness (QED) is 0.877. The molecule has 0 aliphatic carbocycles. The summed E-state index contributed by atoms with van der Waals surface area (Å²) in [5.41, 5.74) is 3.75. The standard InChI is InChI=1S/C20H26ClN3O/c1-14-6-7-15(2)24(14)17-8-9-19(21)18(12-17)20(25)22-13-16(3)23-10-4-5-11-23/h6-9,12,16H,4-5,10-11,13H2,1-3H3,(H,22,25). The van der Waals surface area contributed by atoms with Crippen molar-refractivity contribution in [3.63, 3.8) is 0 Å². The smallest absolute Gasteiger partial charge is 0.252 e. The van der Waals surface area contributed by atoms with Crippen molar-refractivity contribution >= 4 is 17.5 Å². The highest BCUT2D eigenvalue weighted by atomic mass is 35.5. The molecule has 1 saturated heterocycles. The van der Waals surface area contributed by atoms with Crippen LogP contribution in [0.5, 0.6) is 0 Å². The molecule has 1 aromatic carbocycles. The van der Waals surface area contributed by atoms with Crippen LogP contribution in [0.1, 0.15) is 41.5 Å². The van der Waals surface area contributed by atoms with Gasteiger partial charge < -0.3 is 9.88 Å². The van der Waals surface area contributed by atoms with Crippen molar-refractivity contribution in [2.75, 3.05) is 19.6 Å². The Labute approximate surface area is 154 Å². The van der Waals surface area contributed by atoms with Crippen LogP contribution >= 0.6 is 11.6 Å². The number of hydrogen-bond acceptors (Lipinski definition) is 2. The lowest BCUT2D eigenvalue weighted by atomic mass is 10.1. The lowest BCUT2D eigenvalue weighted by Crippen LogP contribution is -2.40. The van der Waals surface area contributed by atoms with Crippen molar-refractivity contribution in [3.05, 3.63) is 52.3 Å². The van der Waals surface area contributed by atoms with Crippen LogP contribution in [-0.2, 0) is 0 Å². The number of nitrogens with one attached hydrogen (secondary N) is 1. The molecule has 25 heavy (non-hydrogen) atoms.